The second-order valence-corrected chi connectivity index (χ2v) is 3.60. The number of carbonyl (C=O) groups is 1. The summed E-state index contributed by atoms with van der Waals surface area (Å²) >= 11 is 1.36. The van der Waals surface area contributed by atoms with Gasteiger partial charge in [-0.3, -0.25) is 10.1 Å². The first-order chi connectivity index (χ1) is 7.29. The third-order valence-corrected chi connectivity index (χ3v) is 2.42. The number of hydrogen-bond acceptors (Lipinski definition) is 5. The summed E-state index contributed by atoms with van der Waals surface area (Å²) in [4.78, 5) is 15.5. The summed E-state index contributed by atoms with van der Waals surface area (Å²) in [5.74, 6) is 0.514. The number of nitrogens with one attached hydrogen (secondary N) is 2. The van der Waals surface area contributed by atoms with Crippen LogP contribution in [0.4, 0.5) is 11.0 Å². The van der Waals surface area contributed by atoms with Crippen LogP contribution in [0, 0.1) is 0 Å². The van der Waals surface area contributed by atoms with Gasteiger partial charge >= 0.3 is 0 Å². The monoisotopic (exact) mass is 223 g/mol. The average Bonchev–Trinajstić information content (AvgIpc) is 2.86. The van der Waals surface area contributed by atoms with Crippen molar-refractivity contribution in [3.63, 3.8) is 0 Å². The molecule has 78 valence electrons. The molecular weight excluding hydrogens is 214 g/mol. The lowest BCUT2D eigenvalue weighted by atomic mass is 10.4. The van der Waals surface area contributed by atoms with Crippen molar-refractivity contribution in [3.8, 4) is 0 Å². The van der Waals surface area contributed by atoms with Gasteiger partial charge in [0.1, 0.15) is 0 Å². The van der Waals surface area contributed by atoms with Gasteiger partial charge in [0.25, 0.3) is 5.91 Å². The number of anilines is 2. The molecule has 0 aliphatic carbocycles. The Labute approximate surface area is 90.1 Å². The van der Waals surface area contributed by atoms with E-state index in [9.17, 15) is 4.79 Å². The Bertz CT molecular complexity index is 450. The minimum absolute atomic E-state index is 0.259. The SMILES string of the molecule is CNc1ccc(C(=O)Nc2nccs2)o1. The molecule has 0 atom stereocenters. The van der Waals surface area contributed by atoms with Crippen LogP contribution in [0.15, 0.2) is 28.1 Å². The van der Waals surface area contributed by atoms with Gasteiger partial charge in [-0.2, -0.15) is 0 Å². The van der Waals surface area contributed by atoms with Crippen LogP contribution in [0.25, 0.3) is 0 Å². The van der Waals surface area contributed by atoms with Crippen LogP contribution in [0.2, 0.25) is 0 Å². The highest BCUT2D eigenvalue weighted by atomic mass is 32.1. The molecule has 1 amide bonds. The van der Waals surface area contributed by atoms with Crippen LogP contribution in [0.3, 0.4) is 0 Å². The molecule has 2 aromatic rings. The fourth-order valence-electron chi connectivity index (χ4n) is 1.04. The highest BCUT2D eigenvalue weighted by Gasteiger charge is 2.11. The summed E-state index contributed by atoms with van der Waals surface area (Å²) < 4.78 is 5.20. The molecule has 2 aromatic heterocycles. The van der Waals surface area contributed by atoms with Crippen LogP contribution >= 0.6 is 11.3 Å². The Balaban J connectivity index is 2.08. The van der Waals surface area contributed by atoms with Crippen LogP contribution in [0.1, 0.15) is 10.6 Å². The van der Waals surface area contributed by atoms with Crippen molar-refractivity contribution in [3.05, 3.63) is 29.5 Å². The van der Waals surface area contributed by atoms with E-state index in [-0.39, 0.29) is 11.7 Å². The Morgan fingerprint density at radius 2 is 2.40 bits per heavy atom. The van der Waals surface area contributed by atoms with Crippen LogP contribution < -0.4 is 10.6 Å². The maximum atomic E-state index is 11.6. The summed E-state index contributed by atoms with van der Waals surface area (Å²) in [6.45, 7) is 0. The molecule has 0 aromatic carbocycles. The second-order valence-electron chi connectivity index (χ2n) is 2.71. The topological polar surface area (TPSA) is 67.2 Å². The highest BCUT2D eigenvalue weighted by Crippen LogP contribution is 2.16. The first-order valence-electron chi connectivity index (χ1n) is 4.28. The molecule has 0 radical (unpaired) electrons. The van der Waals surface area contributed by atoms with E-state index in [1.807, 2.05) is 0 Å². The molecule has 0 spiro atoms. The lowest BCUT2D eigenvalue weighted by Crippen LogP contribution is -2.10. The molecule has 0 saturated carbocycles. The number of furan rings is 1. The number of carbonyl (C=O) groups excluding carboxylic acids is 1. The molecule has 2 rings (SSSR count). The van der Waals surface area contributed by atoms with Gasteiger partial charge in [-0.15, -0.1) is 11.3 Å². The van der Waals surface area contributed by atoms with Crippen molar-refractivity contribution in [1.29, 1.82) is 0 Å². The predicted molar refractivity (Wildman–Crippen MR) is 58.3 cm³/mol. The Hall–Kier alpha value is -1.82. The summed E-state index contributed by atoms with van der Waals surface area (Å²) in [6, 6.07) is 3.30. The van der Waals surface area contributed by atoms with Gasteiger partial charge in [-0.05, 0) is 6.07 Å². The first-order valence-corrected chi connectivity index (χ1v) is 5.16. The largest absolute Gasteiger partial charge is 0.436 e. The van der Waals surface area contributed by atoms with E-state index in [1.54, 1.807) is 30.8 Å². The van der Waals surface area contributed by atoms with Crippen LogP contribution in [-0.2, 0) is 0 Å². The maximum absolute atomic E-state index is 11.6. The van der Waals surface area contributed by atoms with Crippen molar-refractivity contribution >= 4 is 28.3 Å². The van der Waals surface area contributed by atoms with E-state index in [0.717, 1.165) is 0 Å². The van der Waals surface area contributed by atoms with Crippen molar-refractivity contribution in [2.24, 2.45) is 0 Å². The number of aromatic nitrogens is 1. The molecule has 0 bridgehead atoms. The van der Waals surface area contributed by atoms with Crippen molar-refractivity contribution in [2.45, 2.75) is 0 Å². The fraction of sp³-hybridized carbons (Fsp3) is 0.111. The Morgan fingerprint density at radius 3 is 3.00 bits per heavy atom. The minimum atomic E-state index is -0.300. The lowest BCUT2D eigenvalue weighted by Gasteiger charge is -1.97. The summed E-state index contributed by atoms with van der Waals surface area (Å²) in [6.07, 6.45) is 1.63. The van der Waals surface area contributed by atoms with Crippen molar-refractivity contribution < 1.29 is 9.21 Å². The molecular formula is C9H9N3O2S. The van der Waals surface area contributed by atoms with E-state index >= 15 is 0 Å². The van der Waals surface area contributed by atoms with Gasteiger partial charge in [-0.1, -0.05) is 0 Å². The molecule has 5 nitrogen and oxygen atoms in total. The average molecular weight is 223 g/mol. The quantitative estimate of drug-likeness (QED) is 0.835. The molecule has 0 saturated heterocycles. The molecule has 0 fully saturated rings. The minimum Gasteiger partial charge on any atom is -0.436 e. The molecule has 15 heavy (non-hydrogen) atoms. The summed E-state index contributed by atoms with van der Waals surface area (Å²) in [7, 11) is 1.72. The standard InChI is InChI=1S/C9H9N3O2S/c1-10-7-3-2-6(14-7)8(13)12-9-11-4-5-15-9/h2-5,10H,1H3,(H,11,12,13). The zero-order valence-electron chi connectivity index (χ0n) is 7.98. The number of hydrogen-bond donors (Lipinski definition) is 2. The van der Waals surface area contributed by atoms with Gasteiger partial charge < -0.3 is 9.73 Å². The normalized spacial score (nSPS) is 9.93. The van der Waals surface area contributed by atoms with Gasteiger partial charge in [0, 0.05) is 24.7 Å². The number of rotatable bonds is 3. The molecule has 0 aliphatic heterocycles. The molecule has 0 unspecified atom stereocenters. The van der Waals surface area contributed by atoms with Crippen LogP contribution in [0.5, 0.6) is 0 Å². The van der Waals surface area contributed by atoms with Crippen molar-refractivity contribution in [2.75, 3.05) is 17.7 Å². The third-order valence-electron chi connectivity index (χ3n) is 1.73. The van der Waals surface area contributed by atoms with E-state index in [1.165, 1.54) is 11.3 Å². The Kier molecular flexibility index (Phi) is 2.68. The van der Waals surface area contributed by atoms with Gasteiger partial charge in [0.2, 0.25) is 0 Å². The lowest BCUT2D eigenvalue weighted by molar-refractivity contribution is 0.0997. The molecule has 0 aliphatic rings. The number of nitrogens with zero attached hydrogens (tertiary/aromatic N) is 1. The van der Waals surface area contributed by atoms with Gasteiger partial charge in [0.15, 0.2) is 16.8 Å². The van der Waals surface area contributed by atoms with Gasteiger partial charge in [0.05, 0.1) is 0 Å². The van der Waals surface area contributed by atoms with E-state index < -0.39 is 0 Å². The van der Waals surface area contributed by atoms with Crippen LogP contribution in [-0.4, -0.2) is 17.9 Å². The van der Waals surface area contributed by atoms with E-state index in [0.29, 0.717) is 11.0 Å². The summed E-state index contributed by atoms with van der Waals surface area (Å²) in [5.41, 5.74) is 0. The first kappa shape index (κ1) is 9.72. The van der Waals surface area contributed by atoms with Gasteiger partial charge in [-0.25, -0.2) is 4.98 Å². The predicted octanol–water partition coefficient (Wildman–Crippen LogP) is 2.03. The highest BCUT2D eigenvalue weighted by molar-refractivity contribution is 7.13. The zero-order valence-corrected chi connectivity index (χ0v) is 8.80. The number of amides is 1. The molecule has 2 heterocycles. The maximum Gasteiger partial charge on any atom is 0.293 e. The second kappa shape index (κ2) is 4.14. The third kappa shape index (κ3) is 2.16. The Morgan fingerprint density at radius 1 is 1.53 bits per heavy atom. The zero-order chi connectivity index (χ0) is 10.7. The van der Waals surface area contributed by atoms with E-state index in [2.05, 4.69) is 15.6 Å². The summed E-state index contributed by atoms with van der Waals surface area (Å²) in [5, 5.41) is 7.77. The number of thiazole rings is 1. The van der Waals surface area contributed by atoms with Crippen molar-refractivity contribution in [1.82, 2.24) is 4.98 Å². The molecule has 6 heteroatoms. The fourth-order valence-corrected chi connectivity index (χ4v) is 1.56. The smallest absolute Gasteiger partial charge is 0.293 e. The van der Waals surface area contributed by atoms with E-state index in [4.69, 9.17) is 4.42 Å². The molecule has 2 N–H and O–H groups in total.